The van der Waals surface area contributed by atoms with E-state index in [1.54, 1.807) is 24.3 Å². The Morgan fingerprint density at radius 3 is 2.29 bits per heavy atom. The number of amides is 1. The molecule has 0 saturated carbocycles. The predicted octanol–water partition coefficient (Wildman–Crippen LogP) is 1.25. The van der Waals surface area contributed by atoms with Gasteiger partial charge in [-0.3, -0.25) is 4.79 Å². The van der Waals surface area contributed by atoms with E-state index in [0.717, 1.165) is 0 Å². The van der Waals surface area contributed by atoms with Crippen molar-refractivity contribution in [2.45, 2.75) is 12.6 Å². The zero-order valence-corrected chi connectivity index (χ0v) is 11.9. The molecule has 0 fully saturated rings. The van der Waals surface area contributed by atoms with Crippen LogP contribution in [0.3, 0.4) is 0 Å². The van der Waals surface area contributed by atoms with Gasteiger partial charge in [0.05, 0.1) is 13.0 Å². The van der Waals surface area contributed by atoms with Crippen molar-refractivity contribution in [3.8, 4) is 0 Å². The summed E-state index contributed by atoms with van der Waals surface area (Å²) >= 11 is 4.78. The van der Waals surface area contributed by atoms with Gasteiger partial charge in [-0.05, 0) is 5.56 Å². The highest BCUT2D eigenvalue weighted by Crippen LogP contribution is 2.17. The van der Waals surface area contributed by atoms with Gasteiger partial charge in [-0.25, -0.2) is 0 Å². The molecule has 1 aromatic carbocycles. The summed E-state index contributed by atoms with van der Waals surface area (Å²) in [6.07, 6.45) is -4.69. The lowest BCUT2D eigenvalue weighted by Gasteiger charge is -2.23. The van der Waals surface area contributed by atoms with Crippen LogP contribution in [0, 0.1) is 0 Å². The number of hydrogen-bond acceptors (Lipinski definition) is 3. The molecule has 1 rings (SSSR count). The van der Waals surface area contributed by atoms with Gasteiger partial charge in [-0.2, -0.15) is 13.2 Å². The fourth-order valence-electron chi connectivity index (χ4n) is 1.70. The fraction of sp³-hybridized carbons (Fsp3) is 0.385. The van der Waals surface area contributed by atoms with Gasteiger partial charge in [0.15, 0.2) is 0 Å². The van der Waals surface area contributed by atoms with Gasteiger partial charge in [0, 0.05) is 12.1 Å². The molecule has 0 spiro atoms. The Morgan fingerprint density at radius 1 is 1.29 bits per heavy atom. The monoisotopic (exact) mass is 320 g/mol. The molecule has 21 heavy (non-hydrogen) atoms. The van der Waals surface area contributed by atoms with Crippen molar-refractivity contribution >= 4 is 23.1 Å². The highest BCUT2D eigenvalue weighted by molar-refractivity contribution is 7.80. The highest BCUT2D eigenvalue weighted by Gasteiger charge is 2.32. The van der Waals surface area contributed by atoms with E-state index < -0.39 is 25.2 Å². The Morgan fingerprint density at radius 2 is 1.86 bits per heavy atom. The zero-order valence-electron chi connectivity index (χ0n) is 11.1. The number of halogens is 3. The van der Waals surface area contributed by atoms with Crippen LogP contribution in [0.25, 0.3) is 0 Å². The minimum Gasteiger partial charge on any atom is -0.395 e. The molecule has 0 bridgehead atoms. The Bertz CT molecular complexity index is 503. The van der Waals surface area contributed by atoms with Gasteiger partial charge < -0.3 is 15.7 Å². The molecule has 0 saturated heterocycles. The second-order valence-electron chi connectivity index (χ2n) is 4.39. The van der Waals surface area contributed by atoms with Gasteiger partial charge in [-0.1, -0.05) is 36.5 Å². The second-order valence-corrected chi connectivity index (χ2v) is 4.83. The number of carbonyl (C=O) groups excluding carboxylic acids is 1. The van der Waals surface area contributed by atoms with E-state index in [1.807, 2.05) is 0 Å². The van der Waals surface area contributed by atoms with Crippen molar-refractivity contribution < 1.29 is 23.1 Å². The number of nitrogens with two attached hydrogens (primary N) is 1. The number of carbonyl (C=O) groups is 1. The van der Waals surface area contributed by atoms with Crippen LogP contribution in [0.5, 0.6) is 0 Å². The number of alkyl halides is 3. The smallest absolute Gasteiger partial charge is 0.395 e. The first-order valence-electron chi connectivity index (χ1n) is 6.07. The standard InChI is InChI=1S/C13H15F3N2O2S/c14-13(15,16)8-18(5-6-19)11(20)7-9-1-3-10(4-2-9)12(17)21/h1-4,19H,5-8H2,(H2,17,21). The topological polar surface area (TPSA) is 66.6 Å². The average molecular weight is 320 g/mol. The van der Waals surface area contributed by atoms with E-state index >= 15 is 0 Å². The number of hydrogen-bond donors (Lipinski definition) is 2. The molecule has 0 aliphatic heterocycles. The summed E-state index contributed by atoms with van der Waals surface area (Å²) in [5.41, 5.74) is 6.59. The van der Waals surface area contributed by atoms with E-state index in [2.05, 4.69) is 0 Å². The van der Waals surface area contributed by atoms with Crippen molar-refractivity contribution in [2.75, 3.05) is 19.7 Å². The Labute approximate surface area is 125 Å². The van der Waals surface area contributed by atoms with E-state index in [9.17, 15) is 18.0 Å². The highest BCUT2D eigenvalue weighted by atomic mass is 32.1. The molecule has 0 aliphatic carbocycles. The third-order valence-electron chi connectivity index (χ3n) is 2.69. The van der Waals surface area contributed by atoms with Crippen molar-refractivity contribution in [3.63, 3.8) is 0 Å². The van der Waals surface area contributed by atoms with Crippen LogP contribution in [0.2, 0.25) is 0 Å². The number of benzene rings is 1. The summed E-state index contributed by atoms with van der Waals surface area (Å²) in [6.45, 7) is -2.26. The zero-order chi connectivity index (χ0) is 16.0. The maximum atomic E-state index is 12.4. The lowest BCUT2D eigenvalue weighted by atomic mass is 10.1. The third-order valence-corrected chi connectivity index (χ3v) is 2.92. The molecule has 0 aliphatic rings. The van der Waals surface area contributed by atoms with Crippen LogP contribution < -0.4 is 5.73 Å². The van der Waals surface area contributed by atoms with E-state index in [4.69, 9.17) is 23.1 Å². The molecule has 0 aromatic heterocycles. The summed E-state index contributed by atoms with van der Waals surface area (Å²) < 4.78 is 37.1. The van der Waals surface area contributed by atoms with Crippen molar-refractivity contribution in [3.05, 3.63) is 35.4 Å². The van der Waals surface area contributed by atoms with Gasteiger partial charge in [-0.15, -0.1) is 0 Å². The number of aliphatic hydroxyl groups excluding tert-OH is 1. The lowest BCUT2D eigenvalue weighted by molar-refractivity contribution is -0.161. The quantitative estimate of drug-likeness (QED) is 0.774. The molecule has 1 aromatic rings. The number of nitrogens with zero attached hydrogens (tertiary/aromatic N) is 1. The molecule has 0 unspecified atom stereocenters. The summed E-state index contributed by atoms with van der Waals surface area (Å²) in [5.74, 6) is -0.704. The van der Waals surface area contributed by atoms with Gasteiger partial charge >= 0.3 is 6.18 Å². The number of rotatable bonds is 6. The SMILES string of the molecule is NC(=S)c1ccc(CC(=O)N(CCO)CC(F)(F)F)cc1. The largest absolute Gasteiger partial charge is 0.406 e. The normalized spacial score (nSPS) is 11.2. The van der Waals surface area contributed by atoms with E-state index in [-0.39, 0.29) is 18.0 Å². The van der Waals surface area contributed by atoms with Crippen molar-refractivity contribution in [1.82, 2.24) is 4.90 Å². The van der Waals surface area contributed by atoms with Crippen LogP contribution in [-0.4, -0.2) is 46.8 Å². The molecule has 4 nitrogen and oxygen atoms in total. The van der Waals surface area contributed by atoms with Crippen molar-refractivity contribution in [2.24, 2.45) is 5.73 Å². The Kier molecular flexibility index (Phi) is 6.10. The molecule has 1 amide bonds. The summed E-state index contributed by atoms with van der Waals surface area (Å²) in [7, 11) is 0. The molecule has 0 radical (unpaired) electrons. The average Bonchev–Trinajstić information content (AvgIpc) is 2.37. The number of aliphatic hydroxyl groups is 1. The second kappa shape index (κ2) is 7.37. The summed E-state index contributed by atoms with van der Waals surface area (Å²) in [5, 5.41) is 8.76. The van der Waals surface area contributed by atoms with E-state index in [1.165, 1.54) is 0 Å². The maximum absolute atomic E-state index is 12.4. The summed E-state index contributed by atoms with van der Waals surface area (Å²) in [4.78, 5) is 12.6. The van der Waals surface area contributed by atoms with E-state index in [0.29, 0.717) is 16.0 Å². The first kappa shape index (κ1) is 17.4. The van der Waals surface area contributed by atoms with Gasteiger partial charge in [0.2, 0.25) is 5.91 Å². The Balaban J connectivity index is 2.74. The van der Waals surface area contributed by atoms with Crippen LogP contribution in [0.15, 0.2) is 24.3 Å². The van der Waals surface area contributed by atoms with Gasteiger partial charge in [0.1, 0.15) is 11.5 Å². The molecule has 8 heteroatoms. The maximum Gasteiger partial charge on any atom is 0.406 e. The van der Waals surface area contributed by atoms with Crippen LogP contribution in [0.1, 0.15) is 11.1 Å². The molecule has 0 heterocycles. The molecule has 0 atom stereocenters. The fourth-order valence-corrected chi connectivity index (χ4v) is 1.84. The number of thiocarbonyl (C=S) groups is 1. The minimum absolute atomic E-state index is 0.187. The third kappa shape index (κ3) is 6.09. The van der Waals surface area contributed by atoms with Crippen molar-refractivity contribution in [1.29, 1.82) is 0 Å². The molecular weight excluding hydrogens is 305 g/mol. The minimum atomic E-state index is -4.50. The predicted molar refractivity (Wildman–Crippen MR) is 75.8 cm³/mol. The van der Waals surface area contributed by atoms with Gasteiger partial charge in [0.25, 0.3) is 0 Å². The van der Waals surface area contributed by atoms with Crippen LogP contribution >= 0.6 is 12.2 Å². The van der Waals surface area contributed by atoms with Crippen LogP contribution in [0.4, 0.5) is 13.2 Å². The Hall–Kier alpha value is -1.67. The first-order valence-corrected chi connectivity index (χ1v) is 6.48. The molecule has 3 N–H and O–H groups in total. The summed E-state index contributed by atoms with van der Waals surface area (Å²) in [6, 6.07) is 6.37. The van der Waals surface area contributed by atoms with Crippen LogP contribution in [-0.2, 0) is 11.2 Å². The first-order chi connectivity index (χ1) is 9.73. The lowest BCUT2D eigenvalue weighted by Crippen LogP contribution is -2.41. The molecular formula is C13H15F3N2O2S. The molecule has 116 valence electrons.